The number of nitro groups is 2. The number of nitrogens with zero attached hydrogens (tertiary/aromatic N) is 2. The Morgan fingerprint density at radius 1 is 1.14 bits per heavy atom. The smallest absolute Gasteiger partial charge is 0.432 e. The zero-order valence-electron chi connectivity index (χ0n) is 9.70. The van der Waals surface area contributed by atoms with Gasteiger partial charge in [-0.1, -0.05) is 0 Å². The molecule has 0 amide bonds. The van der Waals surface area contributed by atoms with Crippen LogP contribution >= 0.6 is 0 Å². The van der Waals surface area contributed by atoms with E-state index in [1.54, 1.807) is 0 Å². The summed E-state index contributed by atoms with van der Waals surface area (Å²) in [5, 5.41) is 39.1. The normalized spacial score (nSPS) is 14.3. The van der Waals surface area contributed by atoms with E-state index in [9.17, 15) is 43.3 Å². The molecule has 114 valence electrons. The van der Waals surface area contributed by atoms with Gasteiger partial charge in [0.25, 0.3) is 17.0 Å². The molecule has 1 aromatic carbocycles. The van der Waals surface area contributed by atoms with Gasteiger partial charge in [0, 0.05) is 6.07 Å². The summed E-state index contributed by atoms with van der Waals surface area (Å²) in [5.74, 6) is -2.80. The molecule has 1 rings (SSSR count). The second-order valence-corrected chi connectivity index (χ2v) is 3.73. The van der Waals surface area contributed by atoms with Gasteiger partial charge in [0.05, 0.1) is 21.5 Å². The maximum atomic E-state index is 12.8. The molecular weight excluding hydrogens is 305 g/mol. The Hall–Kier alpha value is -2.76. The van der Waals surface area contributed by atoms with E-state index < -0.39 is 44.5 Å². The number of benzene rings is 1. The molecule has 0 radical (unpaired) electrons. The lowest BCUT2D eigenvalue weighted by Crippen LogP contribution is -2.49. The molecule has 0 aliphatic rings. The predicted molar refractivity (Wildman–Crippen MR) is 57.3 cm³/mol. The Kier molecular flexibility index (Phi) is 3.86. The maximum Gasteiger partial charge on any atom is 0.432 e. The summed E-state index contributed by atoms with van der Waals surface area (Å²) in [4.78, 5) is 29.3. The Balaban J connectivity index is 3.72. The van der Waals surface area contributed by atoms with Gasteiger partial charge in [0.15, 0.2) is 0 Å². The van der Waals surface area contributed by atoms with Crippen molar-refractivity contribution in [1.82, 2.24) is 0 Å². The van der Waals surface area contributed by atoms with Crippen molar-refractivity contribution < 1.29 is 38.0 Å². The molecule has 1 atom stereocenters. The quantitative estimate of drug-likeness (QED) is 0.630. The number of carbonyl (C=O) groups is 1. The number of hydrogen-bond donors (Lipinski definition) is 2. The largest absolute Gasteiger partial charge is 0.479 e. The first-order chi connectivity index (χ1) is 9.42. The molecule has 0 aromatic heterocycles. The van der Waals surface area contributed by atoms with Crippen molar-refractivity contribution >= 4 is 17.3 Å². The number of nitro benzene ring substituents is 2. The summed E-state index contributed by atoms with van der Waals surface area (Å²) in [5.41, 5.74) is -8.66. The van der Waals surface area contributed by atoms with E-state index in [4.69, 9.17) is 5.11 Å². The Bertz CT molecular complexity index is 630. The average molecular weight is 310 g/mol. The van der Waals surface area contributed by atoms with Crippen molar-refractivity contribution in [2.24, 2.45) is 0 Å². The van der Waals surface area contributed by atoms with Crippen LogP contribution in [0.15, 0.2) is 18.2 Å². The Labute approximate surface area is 112 Å². The molecule has 0 bridgehead atoms. The van der Waals surface area contributed by atoms with Crippen LogP contribution in [0.3, 0.4) is 0 Å². The van der Waals surface area contributed by atoms with E-state index in [2.05, 4.69) is 0 Å². The fraction of sp³-hybridized carbons (Fsp3) is 0.222. The molecule has 0 heterocycles. The number of aliphatic carboxylic acids is 1. The lowest BCUT2D eigenvalue weighted by molar-refractivity contribution is -0.396. The van der Waals surface area contributed by atoms with Crippen LogP contribution in [0.2, 0.25) is 0 Å². The molecule has 0 spiro atoms. The zero-order valence-corrected chi connectivity index (χ0v) is 9.70. The number of carboxylic acids is 1. The highest BCUT2D eigenvalue weighted by Crippen LogP contribution is 2.43. The van der Waals surface area contributed by atoms with E-state index in [1.165, 1.54) is 0 Å². The van der Waals surface area contributed by atoms with Gasteiger partial charge in [-0.15, -0.1) is 0 Å². The van der Waals surface area contributed by atoms with Gasteiger partial charge in [-0.05, 0) is 6.07 Å². The number of non-ortho nitro benzene ring substituents is 1. The molecule has 1 unspecified atom stereocenters. The molecule has 9 nitrogen and oxygen atoms in total. The summed E-state index contributed by atoms with van der Waals surface area (Å²) in [6.45, 7) is 0. The number of rotatable bonds is 4. The van der Waals surface area contributed by atoms with Crippen molar-refractivity contribution in [1.29, 1.82) is 0 Å². The lowest BCUT2D eigenvalue weighted by atomic mass is 9.91. The van der Waals surface area contributed by atoms with Crippen molar-refractivity contribution in [2.75, 3.05) is 0 Å². The maximum absolute atomic E-state index is 12.8. The van der Waals surface area contributed by atoms with E-state index in [0.29, 0.717) is 6.07 Å². The van der Waals surface area contributed by atoms with E-state index in [-0.39, 0.29) is 12.1 Å². The Morgan fingerprint density at radius 2 is 1.67 bits per heavy atom. The SMILES string of the molecule is O=C(O)C(O)(c1ccc([N+](=O)[O-])cc1[N+](=O)[O-])C(F)(F)F. The standard InChI is InChI=1S/C9H5F3N2O7/c10-9(11,12)8(17,7(15)16)5-2-1-4(13(18)19)3-6(5)14(20)21/h1-3,17H,(H,15,16). The number of hydrogen-bond acceptors (Lipinski definition) is 6. The predicted octanol–water partition coefficient (Wildman–Crippen LogP) is 1.34. The molecule has 12 heteroatoms. The van der Waals surface area contributed by atoms with Crippen molar-refractivity contribution in [3.05, 3.63) is 44.0 Å². The topological polar surface area (TPSA) is 144 Å². The van der Waals surface area contributed by atoms with Crippen molar-refractivity contribution in [2.45, 2.75) is 11.8 Å². The molecule has 0 saturated carbocycles. The van der Waals surface area contributed by atoms with Gasteiger partial charge in [-0.3, -0.25) is 20.2 Å². The first kappa shape index (κ1) is 16.3. The summed E-state index contributed by atoms with van der Waals surface area (Å²) in [7, 11) is 0. The van der Waals surface area contributed by atoms with Crippen LogP contribution in [-0.2, 0) is 10.4 Å². The molecule has 2 N–H and O–H groups in total. The van der Waals surface area contributed by atoms with Gasteiger partial charge in [0.2, 0.25) is 0 Å². The third kappa shape index (κ3) is 2.60. The molecule has 0 aliphatic carbocycles. The fourth-order valence-corrected chi connectivity index (χ4v) is 1.48. The zero-order chi connectivity index (χ0) is 16.6. The van der Waals surface area contributed by atoms with Crippen LogP contribution in [0.1, 0.15) is 5.56 Å². The van der Waals surface area contributed by atoms with Crippen molar-refractivity contribution in [3.63, 3.8) is 0 Å². The summed E-state index contributed by atoms with van der Waals surface area (Å²) in [6.07, 6.45) is -5.78. The van der Waals surface area contributed by atoms with Crippen LogP contribution < -0.4 is 0 Å². The van der Waals surface area contributed by atoms with E-state index >= 15 is 0 Å². The third-order valence-electron chi connectivity index (χ3n) is 2.50. The molecule has 1 aromatic rings. The van der Waals surface area contributed by atoms with Crippen LogP contribution in [0.5, 0.6) is 0 Å². The number of halogens is 3. The molecule has 21 heavy (non-hydrogen) atoms. The minimum Gasteiger partial charge on any atom is -0.479 e. The second kappa shape index (κ2) is 4.97. The van der Waals surface area contributed by atoms with Gasteiger partial charge in [-0.25, -0.2) is 4.79 Å². The number of aliphatic hydroxyl groups is 1. The van der Waals surface area contributed by atoms with E-state index in [1.807, 2.05) is 0 Å². The lowest BCUT2D eigenvalue weighted by Gasteiger charge is -2.25. The molecular formula is C9H5F3N2O7. The monoisotopic (exact) mass is 310 g/mol. The third-order valence-corrected chi connectivity index (χ3v) is 2.50. The first-order valence-corrected chi connectivity index (χ1v) is 4.88. The van der Waals surface area contributed by atoms with Crippen molar-refractivity contribution in [3.8, 4) is 0 Å². The summed E-state index contributed by atoms with van der Waals surface area (Å²) in [6, 6.07) is 0.731. The second-order valence-electron chi connectivity index (χ2n) is 3.73. The van der Waals surface area contributed by atoms with Gasteiger partial charge in [0.1, 0.15) is 0 Å². The highest BCUT2D eigenvalue weighted by Gasteiger charge is 2.64. The highest BCUT2D eigenvalue weighted by molar-refractivity contribution is 5.82. The fourth-order valence-electron chi connectivity index (χ4n) is 1.48. The summed E-state index contributed by atoms with van der Waals surface area (Å²) >= 11 is 0. The van der Waals surface area contributed by atoms with Crippen LogP contribution in [0.25, 0.3) is 0 Å². The Morgan fingerprint density at radius 3 is 2.00 bits per heavy atom. The minimum absolute atomic E-state index is 0.134. The van der Waals surface area contributed by atoms with Crippen LogP contribution in [-0.4, -0.2) is 32.2 Å². The molecule has 0 aliphatic heterocycles. The van der Waals surface area contributed by atoms with Crippen LogP contribution in [0.4, 0.5) is 24.5 Å². The first-order valence-electron chi connectivity index (χ1n) is 4.88. The van der Waals surface area contributed by atoms with Gasteiger partial charge < -0.3 is 10.2 Å². The van der Waals surface area contributed by atoms with E-state index in [0.717, 1.165) is 0 Å². The molecule has 0 fully saturated rings. The molecule has 0 saturated heterocycles. The van der Waals surface area contributed by atoms with Crippen LogP contribution in [0, 0.1) is 20.2 Å². The highest BCUT2D eigenvalue weighted by atomic mass is 19.4. The van der Waals surface area contributed by atoms with Gasteiger partial charge in [-0.2, -0.15) is 13.2 Å². The minimum atomic E-state index is -5.78. The summed E-state index contributed by atoms with van der Waals surface area (Å²) < 4.78 is 38.3. The van der Waals surface area contributed by atoms with Gasteiger partial charge >= 0.3 is 12.1 Å². The number of carboxylic acid groups (broad SMARTS) is 1. The average Bonchev–Trinajstić information content (AvgIpc) is 2.35. The number of alkyl halides is 3.